The molecule has 71 heavy (non-hydrogen) atoms. The van der Waals surface area contributed by atoms with Crippen molar-refractivity contribution in [3.8, 4) is 0 Å². The molecule has 3 aliphatic rings. The summed E-state index contributed by atoms with van der Waals surface area (Å²) in [5, 5.41) is 10.5. The van der Waals surface area contributed by atoms with E-state index in [4.69, 9.17) is 47.4 Å². The molecule has 8 rings (SSSR count). The fourth-order valence-electron chi connectivity index (χ4n) is 9.56. The van der Waals surface area contributed by atoms with Crippen LogP contribution in [0.25, 0.3) is 0 Å². The van der Waals surface area contributed by atoms with Gasteiger partial charge in [0, 0.05) is 20.0 Å². The van der Waals surface area contributed by atoms with Crippen LogP contribution in [0, 0.1) is 0 Å². The topological polar surface area (TPSA) is 130 Å². The van der Waals surface area contributed by atoms with Gasteiger partial charge in [-0.05, 0) is 40.7 Å². The highest BCUT2D eigenvalue weighted by atomic mass is 16.8. The van der Waals surface area contributed by atoms with Crippen LogP contribution in [0.2, 0.25) is 0 Å². The van der Waals surface area contributed by atoms with E-state index in [0.717, 1.165) is 27.8 Å². The molecule has 5 aromatic rings. The van der Waals surface area contributed by atoms with E-state index in [0.29, 0.717) is 39.3 Å². The van der Waals surface area contributed by atoms with Gasteiger partial charge in [-0.15, -0.1) is 6.58 Å². The number of hydrogen-bond acceptors (Lipinski definition) is 11. The van der Waals surface area contributed by atoms with Crippen LogP contribution >= 0.6 is 0 Å². The monoisotopic (exact) mass is 968 g/mol. The number of benzene rings is 5. The maximum Gasteiger partial charge on any atom is 0.306 e. The Morgan fingerprint density at radius 1 is 0.606 bits per heavy atom. The van der Waals surface area contributed by atoms with Crippen molar-refractivity contribution < 1.29 is 57.3 Å². The van der Waals surface area contributed by atoms with Crippen LogP contribution in [-0.2, 0) is 85.2 Å². The maximum absolute atomic E-state index is 12.9. The summed E-state index contributed by atoms with van der Waals surface area (Å²) in [5.74, 6) is -2.58. The number of ether oxygens (including phenoxy) is 10. The predicted octanol–water partition coefficient (Wildman–Crippen LogP) is 9.98. The first kappa shape index (κ1) is 52.0. The standard InChI is InChI=1S/C59H68O12/c1-3-20-49-50(32-19-31-48(65-38-45-25-13-6-14-26-45)54(69-49)41-63-36-43-21-9-4-10-22-43)68-52-34-56(67-40-47-29-17-8-18-30-47)59(62-2)57(70-53(52)35-58(60)61)33-51(66-39-46-27-15-7-16-28-46)55(71-59)42-64-37-44-23-11-5-12-24-44/h3-19,21-30,32,48-57H,1,20,31,33-42H2,2H3,(H,60,61)/b32-19-/t48-,49-,50+,51+,52-,53+,54+,55-,56-,57-,59+/m1/s1. The van der Waals surface area contributed by atoms with Gasteiger partial charge < -0.3 is 52.5 Å². The van der Waals surface area contributed by atoms with Gasteiger partial charge in [0.1, 0.15) is 30.5 Å². The Labute approximate surface area is 418 Å². The fraction of sp³-hybridized carbons (Fsp3) is 0.407. The lowest BCUT2D eigenvalue weighted by Crippen LogP contribution is -2.65. The van der Waals surface area contributed by atoms with Gasteiger partial charge in [0.25, 0.3) is 0 Å². The third kappa shape index (κ3) is 14.9. The minimum Gasteiger partial charge on any atom is -0.481 e. The Balaban J connectivity index is 1.10. The maximum atomic E-state index is 12.9. The highest BCUT2D eigenvalue weighted by molar-refractivity contribution is 5.67. The molecule has 3 heterocycles. The third-order valence-electron chi connectivity index (χ3n) is 13.2. The molecule has 376 valence electrons. The molecule has 11 atom stereocenters. The van der Waals surface area contributed by atoms with E-state index in [1.165, 1.54) is 0 Å². The summed E-state index contributed by atoms with van der Waals surface area (Å²) in [5.41, 5.74) is 5.04. The first-order chi connectivity index (χ1) is 34.9. The van der Waals surface area contributed by atoms with Crippen LogP contribution in [0.3, 0.4) is 0 Å². The number of carboxylic acids is 1. The molecule has 2 fully saturated rings. The van der Waals surface area contributed by atoms with E-state index >= 15 is 0 Å². The molecule has 0 spiro atoms. The largest absolute Gasteiger partial charge is 0.481 e. The Morgan fingerprint density at radius 3 is 1.61 bits per heavy atom. The molecule has 1 N–H and O–H groups in total. The Morgan fingerprint density at radius 2 is 1.10 bits per heavy atom. The molecule has 12 nitrogen and oxygen atoms in total. The smallest absolute Gasteiger partial charge is 0.306 e. The van der Waals surface area contributed by atoms with Crippen LogP contribution in [0.15, 0.2) is 176 Å². The van der Waals surface area contributed by atoms with E-state index in [2.05, 4.69) is 12.7 Å². The molecular weight excluding hydrogens is 901 g/mol. The summed E-state index contributed by atoms with van der Waals surface area (Å²) in [6.07, 6.45) is 0.151. The van der Waals surface area contributed by atoms with Crippen LogP contribution in [0.1, 0.15) is 59.9 Å². The van der Waals surface area contributed by atoms with Gasteiger partial charge in [0.15, 0.2) is 0 Å². The van der Waals surface area contributed by atoms with E-state index in [1.807, 2.05) is 158 Å². The van der Waals surface area contributed by atoms with Crippen molar-refractivity contribution in [2.24, 2.45) is 0 Å². The number of rotatable bonds is 24. The van der Waals surface area contributed by atoms with Crippen LogP contribution in [0.5, 0.6) is 0 Å². The molecular formula is C59H68O12. The zero-order chi connectivity index (χ0) is 49.1. The molecule has 3 aliphatic heterocycles. The first-order valence-corrected chi connectivity index (χ1v) is 24.8. The van der Waals surface area contributed by atoms with E-state index in [-0.39, 0.29) is 45.2 Å². The van der Waals surface area contributed by atoms with Crippen molar-refractivity contribution in [1.82, 2.24) is 0 Å². The average Bonchev–Trinajstić information content (AvgIpc) is 3.51. The zero-order valence-corrected chi connectivity index (χ0v) is 40.6. The summed E-state index contributed by atoms with van der Waals surface area (Å²) in [6.45, 7) is 6.22. The molecule has 0 bridgehead atoms. The lowest BCUT2D eigenvalue weighted by Gasteiger charge is -2.50. The Bertz CT molecular complexity index is 2340. The molecule has 5 aromatic carbocycles. The normalized spacial score (nSPS) is 28.1. The van der Waals surface area contributed by atoms with E-state index in [1.54, 1.807) is 13.2 Å². The van der Waals surface area contributed by atoms with Crippen molar-refractivity contribution in [2.45, 2.75) is 132 Å². The van der Waals surface area contributed by atoms with Crippen molar-refractivity contribution in [1.29, 1.82) is 0 Å². The van der Waals surface area contributed by atoms with Crippen LogP contribution in [-0.4, -0.2) is 98.2 Å². The van der Waals surface area contributed by atoms with E-state index < -0.39 is 66.7 Å². The molecule has 0 radical (unpaired) electrons. The zero-order valence-electron chi connectivity index (χ0n) is 40.6. The second-order valence-electron chi connectivity index (χ2n) is 18.3. The molecule has 0 unspecified atom stereocenters. The van der Waals surface area contributed by atoms with Gasteiger partial charge in [-0.1, -0.05) is 170 Å². The SMILES string of the molecule is C=CC[C@H]1O[C@@H](COCc2ccccc2)[C@H](OCc2ccccc2)C/C=C\[C@@H]1O[C@@H]1C[C@@H](OCc2ccccc2)[C@]2(OC)O[C@H](COCc3ccccc3)[C@@H](OCc3ccccc3)C[C@H]2O[C@H]1CC(=O)O. The highest BCUT2D eigenvalue weighted by Crippen LogP contribution is 2.44. The lowest BCUT2D eigenvalue weighted by molar-refractivity contribution is -0.377. The number of hydrogen-bond donors (Lipinski definition) is 1. The second kappa shape index (κ2) is 26.9. The van der Waals surface area contributed by atoms with Gasteiger partial charge >= 0.3 is 5.97 Å². The first-order valence-electron chi connectivity index (χ1n) is 24.8. The lowest BCUT2D eigenvalue weighted by atomic mass is 9.89. The summed E-state index contributed by atoms with van der Waals surface area (Å²) >= 11 is 0. The summed E-state index contributed by atoms with van der Waals surface area (Å²) in [6, 6.07) is 49.8. The summed E-state index contributed by atoms with van der Waals surface area (Å²) < 4.78 is 67.9. The van der Waals surface area contributed by atoms with Crippen molar-refractivity contribution in [3.63, 3.8) is 0 Å². The minimum atomic E-state index is -1.53. The highest BCUT2D eigenvalue weighted by Gasteiger charge is 2.60. The van der Waals surface area contributed by atoms with Crippen LogP contribution < -0.4 is 0 Å². The van der Waals surface area contributed by atoms with Gasteiger partial charge in [-0.3, -0.25) is 4.79 Å². The molecule has 2 saturated heterocycles. The number of carboxylic acid groups (broad SMARTS) is 1. The minimum absolute atomic E-state index is 0.153. The van der Waals surface area contributed by atoms with Gasteiger partial charge in [-0.2, -0.15) is 0 Å². The van der Waals surface area contributed by atoms with Gasteiger partial charge in [0.2, 0.25) is 5.79 Å². The van der Waals surface area contributed by atoms with Crippen molar-refractivity contribution in [3.05, 3.63) is 204 Å². The Hall–Kier alpha value is -5.35. The molecule has 0 aromatic heterocycles. The molecule has 0 amide bonds. The number of methoxy groups -OCH3 is 1. The number of fused-ring (bicyclic) bond motifs is 1. The van der Waals surface area contributed by atoms with Gasteiger partial charge in [-0.25, -0.2) is 0 Å². The summed E-state index contributed by atoms with van der Waals surface area (Å²) in [7, 11) is 1.58. The quantitative estimate of drug-likeness (QED) is 0.0591. The van der Waals surface area contributed by atoms with Crippen molar-refractivity contribution >= 4 is 5.97 Å². The fourth-order valence-corrected chi connectivity index (χ4v) is 9.56. The molecule has 12 heteroatoms. The van der Waals surface area contributed by atoms with Crippen LogP contribution in [0.4, 0.5) is 0 Å². The van der Waals surface area contributed by atoms with Crippen molar-refractivity contribution in [2.75, 3.05) is 20.3 Å². The molecule has 0 saturated carbocycles. The van der Waals surface area contributed by atoms with E-state index in [9.17, 15) is 9.90 Å². The predicted molar refractivity (Wildman–Crippen MR) is 268 cm³/mol. The Kier molecular flexibility index (Phi) is 19.7. The summed E-state index contributed by atoms with van der Waals surface area (Å²) in [4.78, 5) is 12.9. The number of aliphatic carboxylic acids is 1. The third-order valence-corrected chi connectivity index (χ3v) is 13.2. The second-order valence-corrected chi connectivity index (χ2v) is 18.3. The molecule has 0 aliphatic carbocycles. The average molecular weight is 969 g/mol. The number of carbonyl (C=O) groups is 1. The van der Waals surface area contributed by atoms with Gasteiger partial charge in [0.05, 0.1) is 83.2 Å².